The topological polar surface area (TPSA) is 32.3 Å². The molecule has 1 amide bonds. The van der Waals surface area contributed by atoms with E-state index in [2.05, 4.69) is 10.2 Å². The summed E-state index contributed by atoms with van der Waals surface area (Å²) >= 11 is 0. The number of hydrogen-bond acceptors (Lipinski definition) is 2. The summed E-state index contributed by atoms with van der Waals surface area (Å²) in [5.74, 6) is 1.86. The van der Waals surface area contributed by atoms with Gasteiger partial charge >= 0.3 is 0 Å². The number of fused-ring (bicyclic) bond motifs is 1. The first-order valence-electron chi connectivity index (χ1n) is 7.35. The van der Waals surface area contributed by atoms with Crippen LogP contribution in [0.4, 0.5) is 0 Å². The monoisotopic (exact) mass is 294 g/mol. The van der Waals surface area contributed by atoms with Crippen molar-refractivity contribution in [3.63, 3.8) is 0 Å². The van der Waals surface area contributed by atoms with E-state index in [9.17, 15) is 4.79 Å². The number of nitrogens with one attached hydrogen (secondary N) is 1. The van der Waals surface area contributed by atoms with Gasteiger partial charge in [-0.05, 0) is 43.3 Å². The Morgan fingerprint density at radius 1 is 1.10 bits per heavy atom. The zero-order chi connectivity index (χ0) is 13.1. The maximum Gasteiger partial charge on any atom is 0.226 e. The number of carbonyl (C=O) groups excluding carboxylic acids is 1. The fourth-order valence-corrected chi connectivity index (χ4v) is 3.35. The van der Waals surface area contributed by atoms with Gasteiger partial charge in [0.1, 0.15) is 0 Å². The molecule has 2 heterocycles. The number of likely N-dealkylation sites (tertiary alicyclic amines) is 1. The summed E-state index contributed by atoms with van der Waals surface area (Å²) in [6, 6.07) is 10.1. The second kappa shape index (κ2) is 7.09. The van der Waals surface area contributed by atoms with Crippen LogP contribution in [0.5, 0.6) is 0 Å². The average Bonchev–Trinajstić information content (AvgIpc) is 2.78. The van der Waals surface area contributed by atoms with E-state index in [1.165, 1.54) is 0 Å². The highest BCUT2D eigenvalue weighted by Gasteiger charge is 2.31. The lowest BCUT2D eigenvalue weighted by Crippen LogP contribution is -2.33. The van der Waals surface area contributed by atoms with Gasteiger partial charge in [-0.1, -0.05) is 30.3 Å². The van der Waals surface area contributed by atoms with Gasteiger partial charge in [-0.3, -0.25) is 4.79 Å². The van der Waals surface area contributed by atoms with Gasteiger partial charge in [-0.2, -0.15) is 0 Å². The fourth-order valence-electron chi connectivity index (χ4n) is 3.35. The summed E-state index contributed by atoms with van der Waals surface area (Å²) < 4.78 is 0. The van der Waals surface area contributed by atoms with Crippen LogP contribution in [0, 0.1) is 11.8 Å². The number of benzene rings is 1. The number of amides is 1. The van der Waals surface area contributed by atoms with Gasteiger partial charge in [0.2, 0.25) is 5.91 Å². The van der Waals surface area contributed by atoms with Crippen LogP contribution in [0.2, 0.25) is 0 Å². The van der Waals surface area contributed by atoms with Crippen molar-refractivity contribution >= 4 is 18.3 Å². The molecule has 0 unspecified atom stereocenters. The molecule has 1 aromatic carbocycles. The molecule has 3 nitrogen and oxygen atoms in total. The fraction of sp³-hybridized carbons (Fsp3) is 0.562. The number of rotatable bonds is 2. The molecule has 3 rings (SSSR count). The zero-order valence-electron chi connectivity index (χ0n) is 11.8. The highest BCUT2D eigenvalue weighted by molar-refractivity contribution is 5.85. The van der Waals surface area contributed by atoms with Gasteiger partial charge in [0, 0.05) is 13.1 Å². The Hall–Kier alpha value is -1.06. The third-order valence-corrected chi connectivity index (χ3v) is 4.57. The predicted octanol–water partition coefficient (Wildman–Crippen LogP) is 2.11. The quantitative estimate of drug-likeness (QED) is 0.906. The van der Waals surface area contributed by atoms with Crippen molar-refractivity contribution in [3.05, 3.63) is 35.9 Å². The molecule has 2 fully saturated rings. The van der Waals surface area contributed by atoms with Crippen LogP contribution in [-0.2, 0) is 11.2 Å². The molecule has 2 aliphatic rings. The van der Waals surface area contributed by atoms with Crippen molar-refractivity contribution in [1.29, 1.82) is 0 Å². The maximum atomic E-state index is 12.4. The summed E-state index contributed by atoms with van der Waals surface area (Å²) in [5, 5.41) is 3.47. The number of halogens is 1. The molecule has 0 aliphatic carbocycles. The van der Waals surface area contributed by atoms with Crippen LogP contribution in [0.3, 0.4) is 0 Å². The van der Waals surface area contributed by atoms with Crippen molar-refractivity contribution in [3.8, 4) is 0 Å². The van der Waals surface area contributed by atoms with Crippen LogP contribution in [0.15, 0.2) is 30.3 Å². The second-order valence-electron chi connectivity index (χ2n) is 5.80. The van der Waals surface area contributed by atoms with E-state index in [-0.39, 0.29) is 12.4 Å². The highest BCUT2D eigenvalue weighted by atomic mass is 35.5. The third kappa shape index (κ3) is 3.53. The Balaban J connectivity index is 0.00000147. The molecule has 110 valence electrons. The molecule has 0 saturated carbocycles. The lowest BCUT2D eigenvalue weighted by Gasteiger charge is -2.21. The second-order valence-corrected chi connectivity index (χ2v) is 5.80. The van der Waals surface area contributed by atoms with E-state index < -0.39 is 0 Å². The number of carbonyl (C=O) groups is 1. The smallest absolute Gasteiger partial charge is 0.226 e. The van der Waals surface area contributed by atoms with Gasteiger partial charge in [0.15, 0.2) is 0 Å². The molecule has 0 aromatic heterocycles. The van der Waals surface area contributed by atoms with Crippen LogP contribution in [0.25, 0.3) is 0 Å². The summed E-state index contributed by atoms with van der Waals surface area (Å²) in [7, 11) is 0. The van der Waals surface area contributed by atoms with Crippen LogP contribution in [-0.4, -0.2) is 37.0 Å². The number of nitrogens with zero attached hydrogens (tertiary/aromatic N) is 1. The lowest BCUT2D eigenvalue weighted by atomic mass is 9.92. The maximum absolute atomic E-state index is 12.4. The summed E-state index contributed by atoms with van der Waals surface area (Å²) in [6.45, 7) is 4.17. The van der Waals surface area contributed by atoms with Crippen molar-refractivity contribution in [2.45, 2.75) is 19.3 Å². The standard InChI is InChI=1S/C16H22N2O.ClH/c19-16(10-13-4-2-1-3-5-13)18-8-6-14-11-17-12-15(14)7-9-18;/h1-5,14-15,17H,6-12H2;1H/t14-,15+;. The van der Waals surface area contributed by atoms with E-state index in [0.717, 1.165) is 56.4 Å². The Kier molecular flexibility index (Phi) is 5.44. The molecular formula is C16H23ClN2O. The Morgan fingerprint density at radius 3 is 2.30 bits per heavy atom. The number of hydrogen-bond donors (Lipinski definition) is 1. The van der Waals surface area contributed by atoms with Gasteiger partial charge in [-0.15, -0.1) is 12.4 Å². The van der Waals surface area contributed by atoms with Crippen molar-refractivity contribution in [2.75, 3.05) is 26.2 Å². The zero-order valence-corrected chi connectivity index (χ0v) is 12.6. The SMILES string of the molecule is Cl.O=C(Cc1ccccc1)N1CC[C@@H]2CNC[C@@H]2CC1. The van der Waals surface area contributed by atoms with Crippen molar-refractivity contribution in [2.24, 2.45) is 11.8 Å². The minimum atomic E-state index is 0. The largest absolute Gasteiger partial charge is 0.342 e. The first kappa shape index (κ1) is 15.3. The molecule has 1 aromatic rings. The summed E-state index contributed by atoms with van der Waals surface area (Å²) in [5.41, 5.74) is 1.12. The van der Waals surface area contributed by atoms with Crippen LogP contribution < -0.4 is 5.32 Å². The average molecular weight is 295 g/mol. The minimum absolute atomic E-state index is 0. The van der Waals surface area contributed by atoms with Gasteiger partial charge in [0.05, 0.1) is 6.42 Å². The van der Waals surface area contributed by atoms with E-state index in [1.807, 2.05) is 30.3 Å². The highest BCUT2D eigenvalue weighted by Crippen LogP contribution is 2.27. The van der Waals surface area contributed by atoms with E-state index in [0.29, 0.717) is 12.3 Å². The van der Waals surface area contributed by atoms with Gasteiger partial charge < -0.3 is 10.2 Å². The van der Waals surface area contributed by atoms with Crippen molar-refractivity contribution in [1.82, 2.24) is 10.2 Å². The molecule has 0 bridgehead atoms. The van der Waals surface area contributed by atoms with Gasteiger partial charge in [-0.25, -0.2) is 0 Å². The molecular weight excluding hydrogens is 272 g/mol. The molecule has 2 atom stereocenters. The van der Waals surface area contributed by atoms with E-state index in [4.69, 9.17) is 0 Å². The van der Waals surface area contributed by atoms with Gasteiger partial charge in [0.25, 0.3) is 0 Å². The normalized spacial score (nSPS) is 25.5. The Morgan fingerprint density at radius 2 is 1.70 bits per heavy atom. The van der Waals surface area contributed by atoms with Crippen LogP contribution in [0.1, 0.15) is 18.4 Å². The third-order valence-electron chi connectivity index (χ3n) is 4.57. The first-order chi connectivity index (χ1) is 9.33. The Bertz CT molecular complexity index is 423. The molecule has 2 saturated heterocycles. The molecule has 1 N–H and O–H groups in total. The van der Waals surface area contributed by atoms with Crippen molar-refractivity contribution < 1.29 is 4.79 Å². The van der Waals surface area contributed by atoms with Crippen LogP contribution >= 0.6 is 12.4 Å². The molecule has 0 radical (unpaired) electrons. The molecule has 4 heteroatoms. The van der Waals surface area contributed by atoms with E-state index >= 15 is 0 Å². The van der Waals surface area contributed by atoms with E-state index in [1.54, 1.807) is 0 Å². The minimum Gasteiger partial charge on any atom is -0.342 e. The molecule has 0 spiro atoms. The lowest BCUT2D eigenvalue weighted by molar-refractivity contribution is -0.130. The summed E-state index contributed by atoms with van der Waals surface area (Å²) in [4.78, 5) is 14.4. The Labute approximate surface area is 127 Å². The molecule has 2 aliphatic heterocycles. The summed E-state index contributed by atoms with van der Waals surface area (Å²) in [6.07, 6.45) is 2.88. The predicted molar refractivity (Wildman–Crippen MR) is 83.1 cm³/mol. The first-order valence-corrected chi connectivity index (χ1v) is 7.35. The molecule has 20 heavy (non-hydrogen) atoms.